The summed E-state index contributed by atoms with van der Waals surface area (Å²) in [6.45, 7) is 0. The highest BCUT2D eigenvalue weighted by Crippen LogP contribution is 2.58. The molecule has 6 nitrogen and oxygen atoms in total. The van der Waals surface area contributed by atoms with Gasteiger partial charge in [-0.1, -0.05) is 41.7 Å². The third-order valence-electron chi connectivity index (χ3n) is 5.97. The summed E-state index contributed by atoms with van der Waals surface area (Å²) in [5.74, 6) is -2.49. The van der Waals surface area contributed by atoms with Gasteiger partial charge in [-0.15, -0.1) is 11.8 Å². The van der Waals surface area contributed by atoms with Gasteiger partial charge in [-0.25, -0.2) is 4.90 Å². The molecule has 2 amide bonds. The molecule has 2 aliphatic heterocycles. The molecule has 11 heteroatoms. The van der Waals surface area contributed by atoms with Crippen LogP contribution in [0.25, 0.3) is 0 Å². The fourth-order valence-electron chi connectivity index (χ4n) is 4.58. The number of carbonyl (C=O) groups excluding carboxylic acids is 2. The molecule has 2 atom stereocenters. The number of imide groups is 1. The van der Waals surface area contributed by atoms with Crippen LogP contribution in [0.1, 0.15) is 28.3 Å². The number of hydrogen-bond donors (Lipinski definition) is 2. The second-order valence-corrected chi connectivity index (χ2v) is 9.87. The number of aromatic hydroxyl groups is 1. The van der Waals surface area contributed by atoms with Gasteiger partial charge in [0.2, 0.25) is 11.8 Å². The van der Waals surface area contributed by atoms with Gasteiger partial charge in [0.15, 0.2) is 0 Å². The maximum Gasteiger partial charge on any atom is 0.418 e. The lowest BCUT2D eigenvalue weighted by molar-refractivity contribution is -0.137. The van der Waals surface area contributed by atoms with Crippen molar-refractivity contribution in [3.63, 3.8) is 0 Å². The number of thiazole rings is 1. The number of aromatic amines is 1. The van der Waals surface area contributed by atoms with Gasteiger partial charge in [-0.3, -0.25) is 14.4 Å². The van der Waals surface area contributed by atoms with Crippen molar-refractivity contribution in [1.82, 2.24) is 4.98 Å². The number of phenols is 1. The zero-order chi connectivity index (χ0) is 23.5. The van der Waals surface area contributed by atoms with Crippen molar-refractivity contribution in [2.24, 2.45) is 5.41 Å². The Balaban J connectivity index is 1.70. The Labute approximate surface area is 193 Å². The number of carbonyl (C=O) groups is 2. The van der Waals surface area contributed by atoms with Crippen LogP contribution in [0.15, 0.2) is 58.4 Å². The fourth-order valence-corrected chi connectivity index (χ4v) is 7.13. The summed E-state index contributed by atoms with van der Waals surface area (Å²) in [6.07, 6.45) is -5.12. The normalized spacial score (nSPS) is 22.8. The van der Waals surface area contributed by atoms with Gasteiger partial charge in [-0.2, -0.15) is 13.2 Å². The number of nitrogens with one attached hydrogen (secondary N) is 1. The number of H-pyrrole nitrogens is 1. The van der Waals surface area contributed by atoms with E-state index in [0.29, 0.717) is 20.4 Å². The first-order valence-corrected chi connectivity index (χ1v) is 11.6. The summed E-state index contributed by atoms with van der Waals surface area (Å²) in [5, 5.41) is 11.1. The molecule has 3 heterocycles. The van der Waals surface area contributed by atoms with E-state index in [0.717, 1.165) is 23.5 Å². The molecule has 2 aliphatic rings. The van der Waals surface area contributed by atoms with E-state index < -0.39 is 40.6 Å². The van der Waals surface area contributed by atoms with Crippen molar-refractivity contribution in [1.29, 1.82) is 0 Å². The fraction of sp³-hybridized carbons (Fsp3) is 0.227. The predicted molar refractivity (Wildman–Crippen MR) is 117 cm³/mol. The molecular weight excluding hydrogens is 477 g/mol. The third kappa shape index (κ3) is 3.29. The topological polar surface area (TPSA) is 90.5 Å². The first-order chi connectivity index (χ1) is 15.6. The number of anilines is 1. The number of fused-ring (bicyclic) bond motifs is 1. The summed E-state index contributed by atoms with van der Waals surface area (Å²) in [6, 6.07) is 10.7. The van der Waals surface area contributed by atoms with E-state index in [1.807, 2.05) is 0 Å². The maximum absolute atomic E-state index is 13.8. The Morgan fingerprint density at radius 2 is 1.76 bits per heavy atom. The number of rotatable bonds is 2. The second kappa shape index (κ2) is 7.49. The van der Waals surface area contributed by atoms with Crippen LogP contribution in [0.4, 0.5) is 18.9 Å². The van der Waals surface area contributed by atoms with E-state index in [2.05, 4.69) is 4.98 Å². The molecule has 3 aromatic rings. The molecule has 0 bridgehead atoms. The molecule has 170 valence electrons. The monoisotopic (exact) mass is 492 g/mol. The van der Waals surface area contributed by atoms with Crippen molar-refractivity contribution in [3.8, 4) is 5.75 Å². The number of hydrogen-bond acceptors (Lipinski definition) is 6. The zero-order valence-electron chi connectivity index (χ0n) is 16.7. The Hall–Kier alpha value is -3.05. The SMILES string of the molecule is O=C1CC2(CSc3[nH]c(=O)sc3C2c2ccccc2O)C(=O)N1c1ccccc1C(F)(F)F. The molecule has 2 N–H and O–H groups in total. The molecule has 0 aliphatic carbocycles. The molecule has 5 rings (SSSR count). The van der Waals surface area contributed by atoms with Crippen LogP contribution in [0, 0.1) is 5.41 Å². The average molecular weight is 493 g/mol. The van der Waals surface area contributed by atoms with E-state index in [-0.39, 0.29) is 22.8 Å². The van der Waals surface area contributed by atoms with Crippen molar-refractivity contribution in [2.75, 3.05) is 10.7 Å². The minimum Gasteiger partial charge on any atom is -0.508 e. The molecule has 1 saturated heterocycles. The molecule has 0 radical (unpaired) electrons. The third-order valence-corrected chi connectivity index (χ3v) is 8.32. The standard InChI is InChI=1S/C22H15F3N2O4S2/c23-22(24,25)12-6-2-3-7-13(12)27-15(29)9-21(19(27)30)10-32-18-17(33-20(31)26-18)16(21)11-5-1-4-8-14(11)28/h1-8,16,28H,9-10H2,(H,26,31). The van der Waals surface area contributed by atoms with Crippen LogP contribution < -0.4 is 9.77 Å². The van der Waals surface area contributed by atoms with Gasteiger partial charge < -0.3 is 10.1 Å². The number of amides is 2. The van der Waals surface area contributed by atoms with Crippen LogP contribution in [0.3, 0.4) is 0 Å². The summed E-state index contributed by atoms with van der Waals surface area (Å²) in [7, 11) is 0. The van der Waals surface area contributed by atoms with Gasteiger partial charge in [0.1, 0.15) is 5.75 Å². The van der Waals surface area contributed by atoms with Crippen molar-refractivity contribution in [3.05, 3.63) is 74.2 Å². The lowest BCUT2D eigenvalue weighted by Crippen LogP contribution is -2.43. The minimum absolute atomic E-state index is 0.0565. The number of thioether (sulfide) groups is 1. The molecule has 33 heavy (non-hydrogen) atoms. The minimum atomic E-state index is -4.77. The van der Waals surface area contributed by atoms with Gasteiger partial charge >= 0.3 is 11.0 Å². The van der Waals surface area contributed by atoms with Crippen LogP contribution in [0.5, 0.6) is 5.75 Å². The van der Waals surface area contributed by atoms with Crippen LogP contribution in [-0.2, 0) is 15.8 Å². The highest BCUT2D eigenvalue weighted by atomic mass is 32.2. The number of benzene rings is 2. The molecule has 1 aromatic heterocycles. The highest BCUT2D eigenvalue weighted by molar-refractivity contribution is 7.99. The van der Waals surface area contributed by atoms with Crippen LogP contribution in [0.2, 0.25) is 0 Å². The first kappa shape index (κ1) is 21.8. The van der Waals surface area contributed by atoms with Crippen molar-refractivity contribution < 1.29 is 27.9 Å². The van der Waals surface area contributed by atoms with E-state index in [1.165, 1.54) is 30.0 Å². The summed E-state index contributed by atoms with van der Waals surface area (Å²) < 4.78 is 41.0. The summed E-state index contributed by atoms with van der Waals surface area (Å²) >= 11 is 2.04. The molecule has 2 unspecified atom stereocenters. The highest BCUT2D eigenvalue weighted by Gasteiger charge is 2.60. The van der Waals surface area contributed by atoms with Gasteiger partial charge in [0.05, 0.1) is 21.7 Å². The van der Waals surface area contributed by atoms with E-state index in [4.69, 9.17) is 0 Å². The van der Waals surface area contributed by atoms with E-state index >= 15 is 0 Å². The summed E-state index contributed by atoms with van der Waals surface area (Å²) in [4.78, 5) is 42.5. The smallest absolute Gasteiger partial charge is 0.418 e. The molecule has 1 spiro atoms. The number of alkyl halides is 3. The van der Waals surface area contributed by atoms with Crippen LogP contribution in [-0.4, -0.2) is 27.7 Å². The average Bonchev–Trinajstić information content (AvgIpc) is 3.25. The van der Waals surface area contributed by atoms with Gasteiger partial charge in [0.25, 0.3) is 0 Å². The van der Waals surface area contributed by atoms with E-state index in [9.17, 15) is 32.7 Å². The quantitative estimate of drug-likeness (QED) is 0.520. The first-order valence-electron chi connectivity index (χ1n) is 9.81. The number of halogens is 3. The van der Waals surface area contributed by atoms with Crippen molar-refractivity contribution in [2.45, 2.75) is 23.5 Å². The van der Waals surface area contributed by atoms with Gasteiger partial charge in [0, 0.05) is 28.5 Å². The molecule has 0 saturated carbocycles. The number of aromatic nitrogens is 1. The number of nitrogens with zero attached hydrogens (tertiary/aromatic N) is 1. The Bertz CT molecular complexity index is 1350. The van der Waals surface area contributed by atoms with E-state index in [1.54, 1.807) is 18.2 Å². The van der Waals surface area contributed by atoms with Crippen molar-refractivity contribution >= 4 is 40.6 Å². The lowest BCUT2D eigenvalue weighted by Gasteiger charge is -2.38. The van der Waals surface area contributed by atoms with Gasteiger partial charge in [-0.05, 0) is 18.2 Å². The Morgan fingerprint density at radius 1 is 1.06 bits per heavy atom. The zero-order valence-corrected chi connectivity index (χ0v) is 18.3. The number of phenolic OH excluding ortho intramolecular Hbond substituents is 1. The Kier molecular flexibility index (Phi) is 4.94. The Morgan fingerprint density at radius 3 is 2.48 bits per heavy atom. The molecule has 1 fully saturated rings. The largest absolute Gasteiger partial charge is 0.508 e. The predicted octanol–water partition coefficient (Wildman–Crippen LogP) is 4.35. The summed E-state index contributed by atoms with van der Waals surface area (Å²) in [5.41, 5.74) is -2.73. The number of para-hydroxylation sites is 2. The maximum atomic E-state index is 13.8. The van der Waals surface area contributed by atoms with Crippen LogP contribution >= 0.6 is 23.1 Å². The molecular formula is C22H15F3N2O4S2. The second-order valence-electron chi connectivity index (χ2n) is 7.87. The molecule has 2 aromatic carbocycles. The lowest BCUT2D eigenvalue weighted by atomic mass is 9.70.